The van der Waals surface area contributed by atoms with E-state index in [1.54, 1.807) is 0 Å². The lowest BCUT2D eigenvalue weighted by atomic mass is 9.92. The van der Waals surface area contributed by atoms with Gasteiger partial charge in [0.05, 0.1) is 5.60 Å². The maximum Gasteiger partial charge on any atom is 0.0813 e. The second-order valence-corrected chi connectivity index (χ2v) is 5.31. The van der Waals surface area contributed by atoms with Crippen molar-refractivity contribution in [1.29, 1.82) is 0 Å². The number of nitrogens with one attached hydrogen (secondary N) is 1. The van der Waals surface area contributed by atoms with E-state index in [4.69, 9.17) is 0 Å². The zero-order valence-corrected chi connectivity index (χ0v) is 11.5. The monoisotopic (exact) mass is 235 g/mol. The van der Waals surface area contributed by atoms with Crippen molar-refractivity contribution in [2.75, 3.05) is 11.9 Å². The van der Waals surface area contributed by atoms with Gasteiger partial charge < -0.3 is 10.4 Å². The molecule has 2 N–H and O–H groups in total. The van der Waals surface area contributed by atoms with Crippen molar-refractivity contribution < 1.29 is 5.11 Å². The maximum absolute atomic E-state index is 10.1. The van der Waals surface area contributed by atoms with Gasteiger partial charge >= 0.3 is 0 Å². The van der Waals surface area contributed by atoms with Gasteiger partial charge in [-0.15, -0.1) is 0 Å². The number of rotatable bonds is 6. The smallest absolute Gasteiger partial charge is 0.0813 e. The van der Waals surface area contributed by atoms with Gasteiger partial charge in [0.1, 0.15) is 0 Å². The lowest BCUT2D eigenvalue weighted by Gasteiger charge is -2.28. The van der Waals surface area contributed by atoms with Crippen LogP contribution in [0.4, 0.5) is 5.69 Å². The van der Waals surface area contributed by atoms with Crippen LogP contribution in [0.3, 0.4) is 0 Å². The van der Waals surface area contributed by atoms with E-state index in [2.05, 4.69) is 36.5 Å². The Morgan fingerprint density at radius 1 is 1.24 bits per heavy atom. The van der Waals surface area contributed by atoms with E-state index in [0.717, 1.165) is 12.1 Å². The minimum Gasteiger partial charge on any atom is -0.388 e. The van der Waals surface area contributed by atoms with Crippen LogP contribution in [0.5, 0.6) is 0 Å². The normalized spacial score (nSPS) is 14.7. The Labute approximate surface area is 105 Å². The summed E-state index contributed by atoms with van der Waals surface area (Å²) < 4.78 is 0. The van der Waals surface area contributed by atoms with Gasteiger partial charge in [-0.1, -0.05) is 39.3 Å². The van der Waals surface area contributed by atoms with Gasteiger partial charge in [-0.3, -0.25) is 0 Å². The predicted molar refractivity (Wildman–Crippen MR) is 74.4 cm³/mol. The molecule has 0 saturated heterocycles. The topological polar surface area (TPSA) is 32.3 Å². The Kier molecular flexibility index (Phi) is 5.01. The minimum absolute atomic E-state index is 0.245. The van der Waals surface area contributed by atoms with Crippen molar-refractivity contribution in [2.24, 2.45) is 5.92 Å². The molecule has 0 fully saturated rings. The SMILES string of the molecule is CCCc1ccc(NCC(C)(O)C(C)C)cc1. The third kappa shape index (κ3) is 4.39. The molecule has 2 heteroatoms. The van der Waals surface area contributed by atoms with Crippen molar-refractivity contribution in [3.8, 4) is 0 Å². The third-order valence-electron chi connectivity index (χ3n) is 3.39. The minimum atomic E-state index is -0.665. The van der Waals surface area contributed by atoms with Gasteiger partial charge in [0.15, 0.2) is 0 Å². The molecule has 1 unspecified atom stereocenters. The van der Waals surface area contributed by atoms with Crippen LogP contribution in [0.25, 0.3) is 0 Å². The van der Waals surface area contributed by atoms with Gasteiger partial charge in [0.2, 0.25) is 0 Å². The second kappa shape index (κ2) is 6.06. The lowest BCUT2D eigenvalue weighted by Crippen LogP contribution is -2.38. The molecule has 0 bridgehead atoms. The molecule has 0 amide bonds. The highest BCUT2D eigenvalue weighted by atomic mass is 16.3. The highest BCUT2D eigenvalue weighted by Gasteiger charge is 2.24. The largest absolute Gasteiger partial charge is 0.388 e. The van der Waals surface area contributed by atoms with Crippen LogP contribution in [-0.2, 0) is 6.42 Å². The van der Waals surface area contributed by atoms with E-state index >= 15 is 0 Å². The summed E-state index contributed by atoms with van der Waals surface area (Å²) in [6.07, 6.45) is 2.30. The van der Waals surface area contributed by atoms with Gasteiger partial charge in [0, 0.05) is 12.2 Å². The molecular weight excluding hydrogens is 210 g/mol. The van der Waals surface area contributed by atoms with Crippen LogP contribution in [0, 0.1) is 5.92 Å². The van der Waals surface area contributed by atoms with E-state index in [-0.39, 0.29) is 5.92 Å². The molecule has 0 aliphatic heterocycles. The van der Waals surface area contributed by atoms with Crippen LogP contribution >= 0.6 is 0 Å². The molecule has 0 heterocycles. The standard InChI is InChI=1S/C15H25NO/c1-5-6-13-7-9-14(10-8-13)16-11-15(4,17)12(2)3/h7-10,12,16-17H,5-6,11H2,1-4H3. The first-order valence-corrected chi connectivity index (χ1v) is 6.51. The average Bonchev–Trinajstić information content (AvgIpc) is 2.28. The number of anilines is 1. The molecule has 0 radical (unpaired) electrons. The molecule has 0 aliphatic carbocycles. The molecule has 17 heavy (non-hydrogen) atoms. The fourth-order valence-electron chi connectivity index (χ4n) is 1.56. The number of benzene rings is 1. The molecule has 0 spiro atoms. The number of aryl methyl sites for hydroxylation is 1. The van der Waals surface area contributed by atoms with Crippen LogP contribution < -0.4 is 5.32 Å². The molecular formula is C15H25NO. The molecule has 0 aliphatic rings. The van der Waals surface area contributed by atoms with E-state index in [1.165, 1.54) is 12.0 Å². The summed E-state index contributed by atoms with van der Waals surface area (Å²) in [5.74, 6) is 0.245. The molecule has 96 valence electrons. The Morgan fingerprint density at radius 3 is 2.29 bits per heavy atom. The van der Waals surface area contributed by atoms with E-state index in [9.17, 15) is 5.11 Å². The zero-order valence-electron chi connectivity index (χ0n) is 11.5. The summed E-state index contributed by atoms with van der Waals surface area (Å²) >= 11 is 0. The Bertz CT molecular complexity index is 327. The maximum atomic E-state index is 10.1. The number of aliphatic hydroxyl groups is 1. The summed E-state index contributed by atoms with van der Waals surface area (Å²) in [5, 5.41) is 13.4. The molecule has 1 rings (SSSR count). The van der Waals surface area contributed by atoms with Gasteiger partial charge in [0.25, 0.3) is 0 Å². The second-order valence-electron chi connectivity index (χ2n) is 5.31. The first kappa shape index (κ1) is 14.0. The summed E-state index contributed by atoms with van der Waals surface area (Å²) in [6, 6.07) is 8.47. The van der Waals surface area contributed by atoms with Crippen LogP contribution in [0.1, 0.15) is 39.7 Å². The molecule has 1 atom stereocenters. The summed E-state index contributed by atoms with van der Waals surface area (Å²) in [4.78, 5) is 0. The highest BCUT2D eigenvalue weighted by Crippen LogP contribution is 2.18. The van der Waals surface area contributed by atoms with Crippen molar-refractivity contribution in [3.63, 3.8) is 0 Å². The predicted octanol–water partition coefficient (Wildman–Crippen LogP) is 3.46. The van der Waals surface area contributed by atoms with E-state index < -0.39 is 5.60 Å². The lowest BCUT2D eigenvalue weighted by molar-refractivity contribution is 0.0266. The third-order valence-corrected chi connectivity index (χ3v) is 3.39. The fourth-order valence-corrected chi connectivity index (χ4v) is 1.56. The first-order valence-electron chi connectivity index (χ1n) is 6.51. The highest BCUT2D eigenvalue weighted by molar-refractivity contribution is 5.44. The number of hydrogen-bond donors (Lipinski definition) is 2. The fraction of sp³-hybridized carbons (Fsp3) is 0.600. The van der Waals surface area contributed by atoms with Crippen LogP contribution in [0.15, 0.2) is 24.3 Å². The van der Waals surface area contributed by atoms with Gasteiger partial charge in [-0.05, 0) is 37.0 Å². The molecule has 2 nitrogen and oxygen atoms in total. The molecule has 1 aromatic carbocycles. The van der Waals surface area contributed by atoms with Crippen molar-refractivity contribution in [2.45, 2.75) is 46.1 Å². The molecule has 0 aromatic heterocycles. The van der Waals surface area contributed by atoms with E-state index in [1.807, 2.05) is 20.8 Å². The molecule has 1 aromatic rings. The first-order chi connectivity index (χ1) is 7.95. The summed E-state index contributed by atoms with van der Waals surface area (Å²) in [6.45, 7) is 8.71. The quantitative estimate of drug-likeness (QED) is 0.791. The van der Waals surface area contributed by atoms with Crippen LogP contribution in [0.2, 0.25) is 0 Å². The average molecular weight is 235 g/mol. The van der Waals surface area contributed by atoms with Crippen molar-refractivity contribution in [1.82, 2.24) is 0 Å². The van der Waals surface area contributed by atoms with Gasteiger partial charge in [-0.25, -0.2) is 0 Å². The Hall–Kier alpha value is -1.02. The van der Waals surface area contributed by atoms with Crippen LogP contribution in [-0.4, -0.2) is 17.3 Å². The zero-order chi connectivity index (χ0) is 12.9. The molecule has 0 saturated carbocycles. The van der Waals surface area contributed by atoms with E-state index in [0.29, 0.717) is 6.54 Å². The van der Waals surface area contributed by atoms with Crippen molar-refractivity contribution in [3.05, 3.63) is 29.8 Å². The summed E-state index contributed by atoms with van der Waals surface area (Å²) in [5.41, 5.74) is 1.78. The van der Waals surface area contributed by atoms with Crippen molar-refractivity contribution >= 4 is 5.69 Å². The summed E-state index contributed by atoms with van der Waals surface area (Å²) in [7, 11) is 0. The Balaban J connectivity index is 2.52. The number of hydrogen-bond acceptors (Lipinski definition) is 2. The Morgan fingerprint density at radius 2 is 1.82 bits per heavy atom. The van der Waals surface area contributed by atoms with Gasteiger partial charge in [-0.2, -0.15) is 0 Å².